The van der Waals surface area contributed by atoms with Gasteiger partial charge in [0.25, 0.3) is 0 Å². The standard InChI is InChI=1S/C13H17BrO6/c1-18-4-5-19-7-10(15)8-20-12-3-2-9(13(16)17)6-11(12)14/h2-3,6,10,15H,4-5,7-8H2,1H3,(H,16,17). The number of aliphatic hydroxyl groups excluding tert-OH is 1. The van der Waals surface area contributed by atoms with Gasteiger partial charge in [0, 0.05) is 7.11 Å². The number of rotatable bonds is 9. The van der Waals surface area contributed by atoms with Crippen LogP contribution in [0.15, 0.2) is 22.7 Å². The minimum Gasteiger partial charge on any atom is -0.490 e. The van der Waals surface area contributed by atoms with Crippen LogP contribution >= 0.6 is 15.9 Å². The number of hydrogen-bond acceptors (Lipinski definition) is 5. The monoisotopic (exact) mass is 348 g/mol. The second kappa shape index (κ2) is 8.91. The minimum atomic E-state index is -1.01. The molecule has 0 saturated carbocycles. The third kappa shape index (κ3) is 5.87. The van der Waals surface area contributed by atoms with E-state index in [4.69, 9.17) is 19.3 Å². The molecule has 1 atom stereocenters. The van der Waals surface area contributed by atoms with Crippen molar-refractivity contribution in [2.24, 2.45) is 0 Å². The van der Waals surface area contributed by atoms with E-state index in [-0.39, 0.29) is 18.8 Å². The molecule has 0 radical (unpaired) electrons. The van der Waals surface area contributed by atoms with E-state index in [9.17, 15) is 9.90 Å². The van der Waals surface area contributed by atoms with Crippen LogP contribution in [0.4, 0.5) is 0 Å². The topological polar surface area (TPSA) is 85.2 Å². The molecule has 1 aromatic carbocycles. The quantitative estimate of drug-likeness (QED) is 0.658. The van der Waals surface area contributed by atoms with Crippen LogP contribution in [-0.2, 0) is 9.47 Å². The van der Waals surface area contributed by atoms with E-state index < -0.39 is 12.1 Å². The normalized spacial score (nSPS) is 12.2. The average Bonchev–Trinajstić information content (AvgIpc) is 2.42. The number of benzene rings is 1. The highest BCUT2D eigenvalue weighted by Gasteiger charge is 2.10. The van der Waals surface area contributed by atoms with Gasteiger partial charge in [-0.1, -0.05) is 0 Å². The molecular weight excluding hydrogens is 332 g/mol. The summed E-state index contributed by atoms with van der Waals surface area (Å²) in [7, 11) is 1.57. The third-order valence-electron chi connectivity index (χ3n) is 2.35. The summed E-state index contributed by atoms with van der Waals surface area (Å²) in [5, 5.41) is 18.5. The maximum atomic E-state index is 10.8. The van der Waals surface area contributed by atoms with E-state index in [2.05, 4.69) is 15.9 Å². The fraction of sp³-hybridized carbons (Fsp3) is 0.462. The van der Waals surface area contributed by atoms with Crippen LogP contribution in [0.25, 0.3) is 0 Å². The van der Waals surface area contributed by atoms with E-state index in [0.29, 0.717) is 23.4 Å². The van der Waals surface area contributed by atoms with Gasteiger partial charge in [0.15, 0.2) is 0 Å². The van der Waals surface area contributed by atoms with E-state index in [1.54, 1.807) is 7.11 Å². The smallest absolute Gasteiger partial charge is 0.335 e. The van der Waals surface area contributed by atoms with Gasteiger partial charge in [-0.15, -0.1) is 0 Å². The van der Waals surface area contributed by atoms with Crippen molar-refractivity contribution in [2.45, 2.75) is 6.10 Å². The molecule has 0 amide bonds. The molecule has 0 bridgehead atoms. The second-order valence-electron chi connectivity index (χ2n) is 3.98. The van der Waals surface area contributed by atoms with Crippen molar-refractivity contribution < 1.29 is 29.2 Å². The molecule has 0 fully saturated rings. The lowest BCUT2D eigenvalue weighted by atomic mass is 10.2. The van der Waals surface area contributed by atoms with Gasteiger partial charge in [-0.2, -0.15) is 0 Å². The fourth-order valence-electron chi connectivity index (χ4n) is 1.35. The lowest BCUT2D eigenvalue weighted by molar-refractivity contribution is -0.00430. The molecule has 112 valence electrons. The summed E-state index contributed by atoms with van der Waals surface area (Å²) in [6.07, 6.45) is -0.766. The molecule has 0 heterocycles. The van der Waals surface area contributed by atoms with E-state index in [1.165, 1.54) is 18.2 Å². The highest BCUT2D eigenvalue weighted by Crippen LogP contribution is 2.26. The van der Waals surface area contributed by atoms with Crippen LogP contribution in [0.2, 0.25) is 0 Å². The van der Waals surface area contributed by atoms with Crippen LogP contribution in [0.1, 0.15) is 10.4 Å². The van der Waals surface area contributed by atoms with Crippen molar-refractivity contribution >= 4 is 21.9 Å². The molecule has 0 saturated heterocycles. The predicted molar refractivity (Wildman–Crippen MR) is 75.3 cm³/mol. The Bertz CT molecular complexity index is 437. The minimum absolute atomic E-state index is 0.0536. The molecule has 0 spiro atoms. The number of aliphatic hydroxyl groups is 1. The summed E-state index contributed by atoms with van der Waals surface area (Å²) in [6, 6.07) is 4.41. The van der Waals surface area contributed by atoms with Gasteiger partial charge >= 0.3 is 5.97 Å². The first-order chi connectivity index (χ1) is 9.54. The van der Waals surface area contributed by atoms with Crippen LogP contribution < -0.4 is 4.74 Å². The van der Waals surface area contributed by atoms with E-state index >= 15 is 0 Å². The summed E-state index contributed by atoms with van der Waals surface area (Å²) in [4.78, 5) is 10.8. The summed E-state index contributed by atoms with van der Waals surface area (Å²) >= 11 is 3.22. The van der Waals surface area contributed by atoms with Gasteiger partial charge in [0.05, 0.1) is 29.9 Å². The molecule has 0 aliphatic carbocycles. The first-order valence-electron chi connectivity index (χ1n) is 5.95. The van der Waals surface area contributed by atoms with Crippen molar-refractivity contribution in [1.29, 1.82) is 0 Å². The summed E-state index contributed by atoms with van der Waals surface area (Å²) < 4.78 is 15.9. The zero-order valence-corrected chi connectivity index (χ0v) is 12.6. The maximum absolute atomic E-state index is 10.8. The Kier molecular flexibility index (Phi) is 7.53. The Labute approximate surface area is 125 Å². The molecular formula is C13H17BrO6. The molecule has 0 aliphatic rings. The van der Waals surface area contributed by atoms with Gasteiger partial charge in [-0.05, 0) is 34.1 Å². The Morgan fingerprint density at radius 1 is 1.35 bits per heavy atom. The number of halogens is 1. The molecule has 2 N–H and O–H groups in total. The van der Waals surface area contributed by atoms with Crippen molar-refractivity contribution in [2.75, 3.05) is 33.5 Å². The fourth-order valence-corrected chi connectivity index (χ4v) is 1.84. The Hall–Kier alpha value is -1.15. The average molecular weight is 349 g/mol. The van der Waals surface area contributed by atoms with Crippen molar-refractivity contribution in [1.82, 2.24) is 0 Å². The molecule has 1 aromatic rings. The number of hydrogen-bond donors (Lipinski definition) is 2. The van der Waals surface area contributed by atoms with E-state index in [1.807, 2.05) is 0 Å². The SMILES string of the molecule is COCCOCC(O)COc1ccc(C(=O)O)cc1Br. The first-order valence-corrected chi connectivity index (χ1v) is 6.74. The molecule has 0 aromatic heterocycles. The zero-order valence-electron chi connectivity index (χ0n) is 11.0. The van der Waals surface area contributed by atoms with Gasteiger partial charge < -0.3 is 24.4 Å². The third-order valence-corrected chi connectivity index (χ3v) is 2.97. The highest BCUT2D eigenvalue weighted by atomic mass is 79.9. The second-order valence-corrected chi connectivity index (χ2v) is 4.84. The Balaban J connectivity index is 2.39. The number of carboxylic acids is 1. The first kappa shape index (κ1) is 16.9. The maximum Gasteiger partial charge on any atom is 0.335 e. The molecule has 6 nitrogen and oxygen atoms in total. The lowest BCUT2D eigenvalue weighted by Crippen LogP contribution is -2.24. The molecule has 1 rings (SSSR count). The van der Waals surface area contributed by atoms with Gasteiger partial charge in [-0.3, -0.25) is 0 Å². The van der Waals surface area contributed by atoms with Crippen LogP contribution in [0, 0.1) is 0 Å². The number of carbonyl (C=O) groups is 1. The Morgan fingerprint density at radius 2 is 2.10 bits per heavy atom. The largest absolute Gasteiger partial charge is 0.490 e. The number of ether oxygens (including phenoxy) is 3. The highest BCUT2D eigenvalue weighted by molar-refractivity contribution is 9.10. The summed E-state index contributed by atoms with van der Waals surface area (Å²) in [5.41, 5.74) is 0.160. The molecule has 0 aliphatic heterocycles. The van der Waals surface area contributed by atoms with Gasteiger partial charge in [0.2, 0.25) is 0 Å². The summed E-state index contributed by atoms with van der Waals surface area (Å²) in [5.74, 6) is -0.547. The molecule has 20 heavy (non-hydrogen) atoms. The van der Waals surface area contributed by atoms with E-state index in [0.717, 1.165) is 0 Å². The zero-order chi connectivity index (χ0) is 15.0. The molecule has 1 unspecified atom stereocenters. The van der Waals surface area contributed by atoms with Crippen molar-refractivity contribution in [3.63, 3.8) is 0 Å². The Morgan fingerprint density at radius 3 is 2.70 bits per heavy atom. The van der Waals surface area contributed by atoms with Crippen molar-refractivity contribution in [3.05, 3.63) is 28.2 Å². The van der Waals surface area contributed by atoms with Gasteiger partial charge in [-0.25, -0.2) is 4.79 Å². The number of methoxy groups -OCH3 is 1. The summed E-state index contributed by atoms with van der Waals surface area (Å²) in [6.45, 7) is 1.08. The number of carboxylic acid groups (broad SMARTS) is 1. The predicted octanol–water partition coefficient (Wildman–Crippen LogP) is 1.55. The van der Waals surface area contributed by atoms with Crippen LogP contribution in [0.5, 0.6) is 5.75 Å². The van der Waals surface area contributed by atoms with Crippen molar-refractivity contribution in [3.8, 4) is 5.75 Å². The van der Waals surface area contributed by atoms with Crippen LogP contribution in [-0.4, -0.2) is 55.8 Å². The van der Waals surface area contributed by atoms with Crippen LogP contribution in [0.3, 0.4) is 0 Å². The molecule has 7 heteroatoms. The number of aromatic carboxylic acids is 1. The van der Waals surface area contributed by atoms with Gasteiger partial charge in [0.1, 0.15) is 18.5 Å². The lowest BCUT2D eigenvalue weighted by Gasteiger charge is -2.13.